The van der Waals surface area contributed by atoms with Gasteiger partial charge in [0.25, 0.3) is 0 Å². The molecule has 0 N–H and O–H groups in total. The number of hydrogen-bond acceptors (Lipinski definition) is 5. The lowest BCUT2D eigenvalue weighted by Gasteiger charge is -2.43. The lowest BCUT2D eigenvalue weighted by molar-refractivity contribution is -0.0947. The molecule has 0 spiro atoms. The summed E-state index contributed by atoms with van der Waals surface area (Å²) in [6, 6.07) is 6.64. The van der Waals surface area contributed by atoms with Crippen molar-refractivity contribution >= 4 is 0 Å². The maximum atomic E-state index is 6.02. The van der Waals surface area contributed by atoms with Crippen LogP contribution in [0.3, 0.4) is 0 Å². The van der Waals surface area contributed by atoms with Gasteiger partial charge in [0.2, 0.25) is 0 Å². The Morgan fingerprint density at radius 2 is 2.00 bits per heavy atom. The average molecular weight is 349 g/mol. The quantitative estimate of drug-likeness (QED) is 0.756. The summed E-state index contributed by atoms with van der Waals surface area (Å²) in [4.78, 5) is 2.55. The molecule has 1 saturated carbocycles. The molecule has 5 heteroatoms. The molecule has 3 rings (SSSR count). The molecule has 5 nitrogen and oxygen atoms in total. The molecule has 0 bridgehead atoms. The second-order valence-corrected chi connectivity index (χ2v) is 7.06. The second kappa shape index (κ2) is 7.94. The normalized spacial score (nSPS) is 29.4. The Bertz CT molecular complexity index is 579. The molecular weight excluding hydrogens is 318 g/mol. The highest BCUT2D eigenvalue weighted by atomic mass is 16.5. The van der Waals surface area contributed by atoms with E-state index < -0.39 is 0 Å². The van der Waals surface area contributed by atoms with Crippen molar-refractivity contribution in [1.82, 2.24) is 4.90 Å². The van der Waals surface area contributed by atoms with E-state index in [0.29, 0.717) is 18.8 Å². The highest BCUT2D eigenvalue weighted by molar-refractivity contribution is 5.43. The molecule has 1 heterocycles. The third-order valence-corrected chi connectivity index (χ3v) is 5.90. The van der Waals surface area contributed by atoms with Gasteiger partial charge in [-0.3, -0.25) is 4.90 Å². The zero-order valence-corrected chi connectivity index (χ0v) is 15.9. The van der Waals surface area contributed by atoms with Crippen LogP contribution in [0.15, 0.2) is 18.2 Å². The van der Waals surface area contributed by atoms with Crippen molar-refractivity contribution in [3.8, 4) is 11.5 Å². The Kier molecular flexibility index (Phi) is 5.87. The van der Waals surface area contributed by atoms with Crippen LogP contribution in [0.5, 0.6) is 11.5 Å². The number of nitrogens with zero attached hydrogens (tertiary/aromatic N) is 1. The van der Waals surface area contributed by atoms with Crippen molar-refractivity contribution in [3.63, 3.8) is 0 Å². The molecule has 1 aliphatic carbocycles. The molecule has 2 fully saturated rings. The highest BCUT2D eigenvalue weighted by Gasteiger charge is 2.50. The largest absolute Gasteiger partial charge is 0.493 e. The minimum Gasteiger partial charge on any atom is -0.493 e. The molecule has 2 aliphatic rings. The van der Waals surface area contributed by atoms with E-state index in [4.69, 9.17) is 18.9 Å². The summed E-state index contributed by atoms with van der Waals surface area (Å²) in [6.45, 7) is 4.59. The van der Waals surface area contributed by atoms with Crippen LogP contribution in [0.4, 0.5) is 0 Å². The lowest BCUT2D eigenvalue weighted by Crippen LogP contribution is -2.51. The molecule has 1 saturated heterocycles. The van der Waals surface area contributed by atoms with Gasteiger partial charge in [-0.05, 0) is 50.3 Å². The summed E-state index contributed by atoms with van der Waals surface area (Å²) in [7, 11) is 5.36. The van der Waals surface area contributed by atoms with Crippen molar-refractivity contribution in [2.45, 2.75) is 56.9 Å². The number of hydrogen-bond donors (Lipinski definition) is 0. The predicted molar refractivity (Wildman–Crippen MR) is 97.4 cm³/mol. The van der Waals surface area contributed by atoms with Crippen LogP contribution in [0.2, 0.25) is 0 Å². The third kappa shape index (κ3) is 3.64. The van der Waals surface area contributed by atoms with E-state index in [1.165, 1.54) is 5.56 Å². The summed E-state index contributed by atoms with van der Waals surface area (Å²) in [5, 5.41) is 0. The van der Waals surface area contributed by atoms with E-state index in [9.17, 15) is 0 Å². The Labute approximate surface area is 151 Å². The number of ether oxygens (including phenoxy) is 4. The molecule has 1 aromatic carbocycles. The standard InChI is InChI=1S/C20H31NO4/c1-5-25-18-12-15(6-7-17(18)23-3)14-21-11-10-20(24-4)9-8-16(22-2)13-19(20)21/h6-7,12,16,19H,5,8-11,13-14H2,1-4H3/t16-,19+,20-/m1/s1. The van der Waals surface area contributed by atoms with E-state index in [1.54, 1.807) is 7.11 Å². The number of methoxy groups -OCH3 is 3. The van der Waals surface area contributed by atoms with Gasteiger partial charge in [0.15, 0.2) is 11.5 Å². The van der Waals surface area contributed by atoms with Gasteiger partial charge in [-0.25, -0.2) is 0 Å². The van der Waals surface area contributed by atoms with Gasteiger partial charge in [0, 0.05) is 33.4 Å². The molecule has 0 amide bonds. The fourth-order valence-corrected chi connectivity index (χ4v) is 4.48. The average Bonchev–Trinajstić information content (AvgIpc) is 3.00. The van der Waals surface area contributed by atoms with Gasteiger partial charge in [0.05, 0.1) is 25.4 Å². The number of likely N-dealkylation sites (tertiary alicyclic amines) is 1. The molecule has 0 radical (unpaired) electrons. The third-order valence-electron chi connectivity index (χ3n) is 5.90. The summed E-state index contributed by atoms with van der Waals surface area (Å²) in [5.41, 5.74) is 1.24. The van der Waals surface area contributed by atoms with Gasteiger partial charge in [-0.15, -0.1) is 0 Å². The van der Waals surface area contributed by atoms with Crippen LogP contribution in [-0.2, 0) is 16.0 Å². The molecule has 0 unspecified atom stereocenters. The summed E-state index contributed by atoms with van der Waals surface area (Å²) in [6.07, 6.45) is 4.64. The van der Waals surface area contributed by atoms with E-state index in [1.807, 2.05) is 27.2 Å². The monoisotopic (exact) mass is 349 g/mol. The maximum absolute atomic E-state index is 6.02. The van der Waals surface area contributed by atoms with Crippen LogP contribution in [-0.4, -0.2) is 57.1 Å². The van der Waals surface area contributed by atoms with E-state index >= 15 is 0 Å². The predicted octanol–water partition coefficient (Wildman–Crippen LogP) is 3.25. The second-order valence-electron chi connectivity index (χ2n) is 7.06. The molecule has 0 aromatic heterocycles. The summed E-state index contributed by atoms with van der Waals surface area (Å²) < 4.78 is 22.8. The SMILES string of the molecule is CCOc1cc(CN2CC[C@]3(OC)CC[C@@H](OC)C[C@H]23)ccc1OC. The van der Waals surface area contributed by atoms with Crippen LogP contribution >= 0.6 is 0 Å². The molecule has 1 aliphatic heterocycles. The van der Waals surface area contributed by atoms with Gasteiger partial charge in [0.1, 0.15) is 0 Å². The molecule has 25 heavy (non-hydrogen) atoms. The van der Waals surface area contributed by atoms with E-state index in [2.05, 4.69) is 17.0 Å². The van der Waals surface area contributed by atoms with Crippen LogP contribution in [0, 0.1) is 0 Å². The van der Waals surface area contributed by atoms with Crippen LogP contribution in [0.1, 0.15) is 38.2 Å². The Balaban J connectivity index is 1.77. The minimum absolute atomic E-state index is 0.00967. The van der Waals surface area contributed by atoms with Gasteiger partial charge < -0.3 is 18.9 Å². The van der Waals surface area contributed by atoms with Gasteiger partial charge in [-0.1, -0.05) is 6.07 Å². The topological polar surface area (TPSA) is 40.2 Å². The fourth-order valence-electron chi connectivity index (χ4n) is 4.48. The first kappa shape index (κ1) is 18.5. The Hall–Kier alpha value is -1.30. The first-order valence-corrected chi connectivity index (χ1v) is 9.27. The molecule has 1 aromatic rings. The summed E-state index contributed by atoms with van der Waals surface area (Å²) in [5.74, 6) is 1.61. The minimum atomic E-state index is -0.00967. The fraction of sp³-hybridized carbons (Fsp3) is 0.700. The van der Waals surface area contributed by atoms with Gasteiger partial charge >= 0.3 is 0 Å². The van der Waals surface area contributed by atoms with E-state index in [-0.39, 0.29) is 5.60 Å². The molecular formula is C20H31NO4. The van der Waals surface area contributed by atoms with Crippen molar-refractivity contribution < 1.29 is 18.9 Å². The van der Waals surface area contributed by atoms with Crippen molar-refractivity contribution in [2.24, 2.45) is 0 Å². The van der Waals surface area contributed by atoms with Crippen molar-refractivity contribution in [3.05, 3.63) is 23.8 Å². The van der Waals surface area contributed by atoms with Crippen molar-refractivity contribution in [1.29, 1.82) is 0 Å². The first-order chi connectivity index (χ1) is 12.2. The first-order valence-electron chi connectivity index (χ1n) is 9.27. The van der Waals surface area contributed by atoms with Gasteiger partial charge in [-0.2, -0.15) is 0 Å². The number of benzene rings is 1. The smallest absolute Gasteiger partial charge is 0.161 e. The zero-order chi connectivity index (χ0) is 17.9. The van der Waals surface area contributed by atoms with Crippen molar-refractivity contribution in [2.75, 3.05) is 34.5 Å². The van der Waals surface area contributed by atoms with E-state index in [0.717, 1.165) is 50.3 Å². The number of rotatable bonds is 7. The molecule has 3 atom stereocenters. The zero-order valence-electron chi connectivity index (χ0n) is 15.9. The van der Waals surface area contributed by atoms with Crippen LogP contribution in [0.25, 0.3) is 0 Å². The number of fused-ring (bicyclic) bond motifs is 1. The Morgan fingerprint density at radius 1 is 1.16 bits per heavy atom. The summed E-state index contributed by atoms with van der Waals surface area (Å²) >= 11 is 0. The van der Waals surface area contributed by atoms with Crippen LogP contribution < -0.4 is 9.47 Å². The maximum Gasteiger partial charge on any atom is 0.161 e. The Morgan fingerprint density at radius 3 is 2.68 bits per heavy atom. The lowest BCUT2D eigenvalue weighted by atomic mass is 9.79. The highest BCUT2D eigenvalue weighted by Crippen LogP contribution is 2.43. The molecule has 140 valence electrons.